The molecule has 2 amide bonds. The van der Waals surface area contributed by atoms with Gasteiger partial charge in [0.05, 0.1) is 13.2 Å². The molecular weight excluding hydrogens is 276 g/mol. The van der Waals surface area contributed by atoms with E-state index in [1.165, 1.54) is 0 Å². The number of nitrogens with one attached hydrogen (secondary N) is 1. The topological polar surface area (TPSA) is 95.9 Å². The molecule has 0 radical (unpaired) electrons. The van der Waals surface area contributed by atoms with Crippen LogP contribution in [0.3, 0.4) is 0 Å². The van der Waals surface area contributed by atoms with Crippen LogP contribution in [0.4, 0.5) is 0 Å². The standard InChI is InChI=1S/C14H16N2O5/c1-2-8-21-13(19)14(20)15-11(17)12(18)16(14)9-10-6-4-3-5-7-10/h3-7,20H,2,8-9H2,1H3,(H,15,17). The lowest BCUT2D eigenvalue weighted by molar-refractivity contribution is -0.191. The van der Waals surface area contributed by atoms with Gasteiger partial charge >= 0.3 is 23.6 Å². The number of aliphatic hydroxyl groups is 1. The van der Waals surface area contributed by atoms with Gasteiger partial charge in [-0.25, -0.2) is 4.79 Å². The number of hydrogen-bond acceptors (Lipinski definition) is 5. The van der Waals surface area contributed by atoms with Gasteiger partial charge in [-0.1, -0.05) is 37.3 Å². The Kier molecular flexibility index (Phi) is 4.23. The van der Waals surface area contributed by atoms with E-state index in [0.717, 1.165) is 4.90 Å². The minimum atomic E-state index is -2.46. The molecule has 1 aromatic rings. The van der Waals surface area contributed by atoms with Gasteiger partial charge in [-0.2, -0.15) is 0 Å². The highest BCUT2D eigenvalue weighted by Crippen LogP contribution is 2.21. The van der Waals surface area contributed by atoms with E-state index < -0.39 is 23.6 Å². The minimum absolute atomic E-state index is 0.0872. The SMILES string of the molecule is CCCOC(=O)C1(O)NC(=O)C(=O)N1Cc1ccccc1. The molecule has 1 aliphatic heterocycles. The molecule has 1 aromatic carbocycles. The maximum Gasteiger partial charge on any atom is 0.383 e. The summed E-state index contributed by atoms with van der Waals surface area (Å²) in [6.45, 7) is 1.79. The van der Waals surface area contributed by atoms with Crippen LogP contribution >= 0.6 is 0 Å². The van der Waals surface area contributed by atoms with Crippen LogP contribution in [0.25, 0.3) is 0 Å². The van der Waals surface area contributed by atoms with Crippen molar-refractivity contribution in [2.24, 2.45) is 0 Å². The molecule has 7 nitrogen and oxygen atoms in total. The number of amides is 2. The summed E-state index contributed by atoms with van der Waals surface area (Å²) in [6.07, 6.45) is 0.558. The van der Waals surface area contributed by atoms with E-state index in [1.54, 1.807) is 37.3 Å². The second-order valence-corrected chi connectivity index (χ2v) is 4.64. The number of rotatable bonds is 5. The maximum atomic E-state index is 11.9. The van der Waals surface area contributed by atoms with Gasteiger partial charge in [0.1, 0.15) is 0 Å². The largest absolute Gasteiger partial charge is 0.461 e. The summed E-state index contributed by atoms with van der Waals surface area (Å²) in [5.41, 5.74) is 0.670. The van der Waals surface area contributed by atoms with Crippen LogP contribution in [0, 0.1) is 0 Å². The third-order valence-electron chi connectivity index (χ3n) is 3.02. The Labute approximate surface area is 121 Å². The first-order valence-electron chi connectivity index (χ1n) is 6.56. The van der Waals surface area contributed by atoms with E-state index >= 15 is 0 Å². The number of carbonyl (C=O) groups excluding carboxylic acids is 3. The zero-order chi connectivity index (χ0) is 15.5. The van der Waals surface area contributed by atoms with Gasteiger partial charge in [-0.05, 0) is 12.0 Å². The molecule has 2 N–H and O–H groups in total. The smallest absolute Gasteiger partial charge is 0.383 e. The number of carbonyl (C=O) groups is 3. The monoisotopic (exact) mass is 292 g/mol. The molecule has 1 unspecified atom stereocenters. The van der Waals surface area contributed by atoms with Crippen molar-refractivity contribution >= 4 is 17.8 Å². The van der Waals surface area contributed by atoms with E-state index in [9.17, 15) is 19.5 Å². The number of nitrogens with zero attached hydrogens (tertiary/aromatic N) is 1. The highest BCUT2D eigenvalue weighted by atomic mass is 16.6. The van der Waals surface area contributed by atoms with Gasteiger partial charge in [0.2, 0.25) is 0 Å². The number of ether oxygens (including phenoxy) is 1. The van der Waals surface area contributed by atoms with Crippen molar-refractivity contribution in [3.05, 3.63) is 35.9 Å². The van der Waals surface area contributed by atoms with Crippen molar-refractivity contribution in [1.82, 2.24) is 10.2 Å². The molecule has 2 rings (SSSR count). The summed E-state index contributed by atoms with van der Waals surface area (Å²) in [5, 5.41) is 12.3. The highest BCUT2D eigenvalue weighted by Gasteiger charge is 2.56. The number of esters is 1. The van der Waals surface area contributed by atoms with E-state index in [0.29, 0.717) is 12.0 Å². The lowest BCUT2D eigenvalue weighted by atomic mass is 10.2. The van der Waals surface area contributed by atoms with E-state index in [1.807, 2.05) is 5.32 Å². The first-order valence-corrected chi connectivity index (χ1v) is 6.56. The molecule has 1 atom stereocenters. The lowest BCUT2D eigenvalue weighted by Gasteiger charge is -2.29. The van der Waals surface area contributed by atoms with Crippen LogP contribution in [0.1, 0.15) is 18.9 Å². The third-order valence-corrected chi connectivity index (χ3v) is 3.02. The van der Waals surface area contributed by atoms with Crippen LogP contribution in [-0.4, -0.2) is 40.2 Å². The molecule has 1 saturated heterocycles. The summed E-state index contributed by atoms with van der Waals surface area (Å²) in [6, 6.07) is 8.72. The Morgan fingerprint density at radius 3 is 2.62 bits per heavy atom. The molecule has 0 saturated carbocycles. The summed E-state index contributed by atoms with van der Waals surface area (Å²) < 4.78 is 4.85. The van der Waals surface area contributed by atoms with Crippen molar-refractivity contribution in [2.45, 2.75) is 25.7 Å². The molecule has 0 aromatic heterocycles. The molecule has 0 aliphatic carbocycles. The second kappa shape index (κ2) is 5.92. The van der Waals surface area contributed by atoms with Gasteiger partial charge < -0.3 is 9.84 Å². The van der Waals surface area contributed by atoms with E-state index in [-0.39, 0.29) is 13.2 Å². The van der Waals surface area contributed by atoms with Crippen LogP contribution in [0.15, 0.2) is 30.3 Å². The molecular formula is C14H16N2O5. The fraction of sp³-hybridized carbons (Fsp3) is 0.357. The van der Waals surface area contributed by atoms with E-state index in [4.69, 9.17) is 4.74 Å². The molecule has 21 heavy (non-hydrogen) atoms. The zero-order valence-corrected chi connectivity index (χ0v) is 11.5. The first kappa shape index (κ1) is 15.0. The van der Waals surface area contributed by atoms with Gasteiger partial charge in [-0.3, -0.25) is 19.8 Å². The summed E-state index contributed by atoms with van der Waals surface area (Å²) in [5.74, 6) is -5.55. The predicted molar refractivity (Wildman–Crippen MR) is 71.3 cm³/mol. The normalized spacial score (nSPS) is 21.3. The van der Waals surface area contributed by atoms with Crippen LogP contribution < -0.4 is 5.32 Å². The van der Waals surface area contributed by atoms with Gasteiger partial charge in [0.15, 0.2) is 0 Å². The molecule has 7 heteroatoms. The third kappa shape index (κ3) is 2.87. The fourth-order valence-electron chi connectivity index (χ4n) is 1.96. The average Bonchev–Trinajstić information content (AvgIpc) is 2.70. The van der Waals surface area contributed by atoms with Crippen LogP contribution in [-0.2, 0) is 25.7 Å². The van der Waals surface area contributed by atoms with Gasteiger partial charge in [0.25, 0.3) is 0 Å². The average molecular weight is 292 g/mol. The van der Waals surface area contributed by atoms with Gasteiger partial charge in [-0.15, -0.1) is 0 Å². The zero-order valence-electron chi connectivity index (χ0n) is 11.5. The van der Waals surface area contributed by atoms with Crippen LogP contribution in [0.5, 0.6) is 0 Å². The van der Waals surface area contributed by atoms with Crippen molar-refractivity contribution in [1.29, 1.82) is 0 Å². The molecule has 1 fully saturated rings. The maximum absolute atomic E-state index is 11.9. The lowest BCUT2D eigenvalue weighted by Crippen LogP contribution is -2.59. The summed E-state index contributed by atoms with van der Waals surface area (Å²) in [7, 11) is 0. The van der Waals surface area contributed by atoms with Crippen molar-refractivity contribution in [3.8, 4) is 0 Å². The van der Waals surface area contributed by atoms with E-state index in [2.05, 4.69) is 0 Å². The number of benzene rings is 1. The Balaban J connectivity index is 2.24. The van der Waals surface area contributed by atoms with Crippen molar-refractivity contribution in [3.63, 3.8) is 0 Å². The summed E-state index contributed by atoms with van der Waals surface area (Å²) in [4.78, 5) is 36.1. The van der Waals surface area contributed by atoms with Crippen molar-refractivity contribution in [2.75, 3.05) is 6.61 Å². The Morgan fingerprint density at radius 1 is 1.33 bits per heavy atom. The van der Waals surface area contributed by atoms with Gasteiger partial charge in [0, 0.05) is 0 Å². The molecule has 1 heterocycles. The fourth-order valence-corrected chi connectivity index (χ4v) is 1.96. The highest BCUT2D eigenvalue weighted by molar-refractivity contribution is 6.38. The predicted octanol–water partition coefficient (Wildman–Crippen LogP) is -0.256. The second-order valence-electron chi connectivity index (χ2n) is 4.64. The first-order chi connectivity index (χ1) is 9.99. The quantitative estimate of drug-likeness (QED) is 0.576. The Hall–Kier alpha value is -2.41. The van der Waals surface area contributed by atoms with Crippen molar-refractivity contribution < 1.29 is 24.2 Å². The minimum Gasteiger partial charge on any atom is -0.461 e. The summed E-state index contributed by atoms with van der Waals surface area (Å²) >= 11 is 0. The number of hydrogen-bond donors (Lipinski definition) is 2. The Morgan fingerprint density at radius 2 is 2.00 bits per heavy atom. The molecule has 112 valence electrons. The molecule has 0 spiro atoms. The Bertz CT molecular complexity index is 560. The molecule has 1 aliphatic rings. The molecule has 0 bridgehead atoms. The van der Waals surface area contributed by atoms with Crippen LogP contribution in [0.2, 0.25) is 0 Å².